The highest BCUT2D eigenvalue weighted by Gasteiger charge is 2.61. The van der Waals surface area contributed by atoms with Crippen LogP contribution in [0.5, 0.6) is 0 Å². The van der Waals surface area contributed by atoms with Crippen molar-refractivity contribution in [2.45, 2.75) is 32.6 Å². The van der Waals surface area contributed by atoms with Crippen LogP contribution in [0.1, 0.15) is 32.6 Å². The molecule has 0 aliphatic heterocycles. The molecule has 0 N–H and O–H groups in total. The Labute approximate surface area is 127 Å². The lowest BCUT2D eigenvalue weighted by molar-refractivity contribution is -0.138. The molecule has 8 unspecified atom stereocenters. The highest BCUT2D eigenvalue weighted by atomic mass is 16.5. The van der Waals surface area contributed by atoms with Gasteiger partial charge in [-0.1, -0.05) is 25.7 Å². The molecular weight excluding hydrogens is 260 g/mol. The fraction of sp³-hybridized carbons (Fsp3) is 0.737. The Morgan fingerprint density at radius 2 is 2.05 bits per heavy atom. The summed E-state index contributed by atoms with van der Waals surface area (Å²) in [7, 11) is 0. The summed E-state index contributed by atoms with van der Waals surface area (Å²) in [6.07, 6.45) is 11.6. The summed E-state index contributed by atoms with van der Waals surface area (Å²) in [5.41, 5.74) is 0. The summed E-state index contributed by atoms with van der Waals surface area (Å²) in [4.78, 5) is 11.1. The van der Waals surface area contributed by atoms with Crippen LogP contribution in [0.25, 0.3) is 0 Å². The minimum Gasteiger partial charge on any atom is -0.463 e. The Morgan fingerprint density at radius 3 is 2.81 bits per heavy atom. The quantitative estimate of drug-likeness (QED) is 0.332. The molecule has 0 aromatic rings. The maximum absolute atomic E-state index is 11.1. The van der Waals surface area contributed by atoms with Gasteiger partial charge in [0.15, 0.2) is 0 Å². The number of esters is 1. The number of hydrogen-bond donors (Lipinski definition) is 0. The van der Waals surface area contributed by atoms with Crippen LogP contribution >= 0.6 is 0 Å². The van der Waals surface area contributed by atoms with Gasteiger partial charge in [-0.25, -0.2) is 4.79 Å². The summed E-state index contributed by atoms with van der Waals surface area (Å²) in [5, 5.41) is 0. The van der Waals surface area contributed by atoms with E-state index in [9.17, 15) is 4.79 Å². The molecule has 4 bridgehead atoms. The number of hydrogen-bond acceptors (Lipinski definition) is 2. The summed E-state index contributed by atoms with van der Waals surface area (Å²) in [6.45, 7) is 6.37. The molecule has 0 spiro atoms. The first kappa shape index (κ1) is 13.6. The van der Waals surface area contributed by atoms with E-state index in [1.807, 2.05) is 0 Å². The molecule has 0 radical (unpaired) electrons. The largest absolute Gasteiger partial charge is 0.463 e. The Hall–Kier alpha value is -1.05. The van der Waals surface area contributed by atoms with Gasteiger partial charge >= 0.3 is 5.97 Å². The van der Waals surface area contributed by atoms with Crippen molar-refractivity contribution in [1.29, 1.82) is 0 Å². The number of carbonyl (C=O) groups excluding carboxylic acids is 1. The van der Waals surface area contributed by atoms with Crippen LogP contribution in [0.4, 0.5) is 0 Å². The van der Waals surface area contributed by atoms with Crippen molar-refractivity contribution in [2.75, 3.05) is 6.61 Å². The number of fused-ring (bicyclic) bond motifs is 9. The molecule has 114 valence electrons. The zero-order valence-electron chi connectivity index (χ0n) is 12.9. The van der Waals surface area contributed by atoms with Gasteiger partial charge in [-0.15, -0.1) is 0 Å². The van der Waals surface area contributed by atoms with Crippen LogP contribution in [-0.2, 0) is 9.53 Å². The molecular formula is C19H26O2. The Kier molecular flexibility index (Phi) is 3.24. The van der Waals surface area contributed by atoms with Gasteiger partial charge in [0.1, 0.15) is 0 Å². The van der Waals surface area contributed by atoms with Gasteiger partial charge in [0.2, 0.25) is 0 Å². The monoisotopic (exact) mass is 286 g/mol. The lowest BCUT2D eigenvalue weighted by Gasteiger charge is -2.39. The van der Waals surface area contributed by atoms with Gasteiger partial charge in [0.05, 0.1) is 6.61 Å². The van der Waals surface area contributed by atoms with E-state index >= 15 is 0 Å². The second-order valence-electron chi connectivity index (χ2n) is 7.80. The minimum absolute atomic E-state index is 0.284. The molecule has 3 fully saturated rings. The van der Waals surface area contributed by atoms with E-state index in [2.05, 4.69) is 25.7 Å². The molecule has 2 heteroatoms. The van der Waals surface area contributed by atoms with E-state index in [0.717, 1.165) is 47.8 Å². The van der Waals surface area contributed by atoms with Crippen LogP contribution in [0.3, 0.4) is 0 Å². The molecule has 4 aliphatic rings. The molecule has 0 amide bonds. The topological polar surface area (TPSA) is 26.3 Å². The van der Waals surface area contributed by atoms with Crippen LogP contribution < -0.4 is 0 Å². The summed E-state index contributed by atoms with van der Waals surface area (Å²) in [6, 6.07) is 0. The van der Waals surface area contributed by atoms with Crippen LogP contribution in [-0.4, -0.2) is 12.6 Å². The van der Waals surface area contributed by atoms with Crippen molar-refractivity contribution in [3.63, 3.8) is 0 Å². The molecule has 2 nitrogen and oxygen atoms in total. The summed E-state index contributed by atoms with van der Waals surface area (Å²) in [5.74, 6) is 7.02. The van der Waals surface area contributed by atoms with Gasteiger partial charge in [-0.05, 0) is 73.0 Å². The van der Waals surface area contributed by atoms with Crippen molar-refractivity contribution in [1.82, 2.24) is 0 Å². The maximum atomic E-state index is 11.1. The zero-order valence-corrected chi connectivity index (χ0v) is 12.9. The molecule has 3 saturated carbocycles. The van der Waals surface area contributed by atoms with E-state index < -0.39 is 0 Å². The summed E-state index contributed by atoms with van der Waals surface area (Å²) >= 11 is 0. The van der Waals surface area contributed by atoms with Crippen molar-refractivity contribution in [3.8, 4) is 0 Å². The highest BCUT2D eigenvalue weighted by molar-refractivity contribution is 5.81. The second kappa shape index (κ2) is 5.00. The van der Waals surface area contributed by atoms with Crippen LogP contribution in [0, 0.1) is 47.3 Å². The van der Waals surface area contributed by atoms with E-state index in [1.165, 1.54) is 25.3 Å². The zero-order chi connectivity index (χ0) is 14.6. The average Bonchev–Trinajstić information content (AvgIpc) is 3.23. The van der Waals surface area contributed by atoms with E-state index in [1.54, 1.807) is 0 Å². The molecule has 0 saturated heterocycles. The fourth-order valence-electron chi connectivity index (χ4n) is 6.34. The molecule has 0 aromatic heterocycles. The van der Waals surface area contributed by atoms with Crippen molar-refractivity contribution in [2.24, 2.45) is 47.3 Å². The molecule has 4 aliphatic carbocycles. The third kappa shape index (κ3) is 2.02. The van der Waals surface area contributed by atoms with Crippen molar-refractivity contribution >= 4 is 5.97 Å². The van der Waals surface area contributed by atoms with E-state index in [4.69, 9.17) is 4.74 Å². The predicted molar refractivity (Wildman–Crippen MR) is 82.4 cm³/mol. The van der Waals surface area contributed by atoms with Gasteiger partial charge in [-0.2, -0.15) is 0 Å². The number of allylic oxidation sites excluding steroid dienone is 2. The number of ether oxygens (including phenoxy) is 1. The van der Waals surface area contributed by atoms with Gasteiger partial charge < -0.3 is 4.74 Å². The number of carbonyl (C=O) groups is 1. The van der Waals surface area contributed by atoms with E-state index in [0.29, 0.717) is 12.5 Å². The Morgan fingerprint density at radius 1 is 1.29 bits per heavy atom. The molecule has 21 heavy (non-hydrogen) atoms. The first-order valence-electron chi connectivity index (χ1n) is 8.66. The van der Waals surface area contributed by atoms with Gasteiger partial charge in [-0.3, -0.25) is 0 Å². The smallest absolute Gasteiger partial charge is 0.330 e. The molecule has 8 atom stereocenters. The summed E-state index contributed by atoms with van der Waals surface area (Å²) < 4.78 is 5.17. The van der Waals surface area contributed by atoms with Crippen molar-refractivity contribution in [3.05, 3.63) is 24.8 Å². The van der Waals surface area contributed by atoms with Crippen molar-refractivity contribution < 1.29 is 9.53 Å². The lowest BCUT2D eigenvalue weighted by atomic mass is 9.66. The Bertz CT molecular complexity index is 480. The van der Waals surface area contributed by atoms with E-state index in [-0.39, 0.29) is 5.97 Å². The molecule has 0 aromatic carbocycles. The molecule has 4 rings (SSSR count). The second-order valence-corrected chi connectivity index (χ2v) is 7.80. The Balaban J connectivity index is 1.37. The normalized spacial score (nSPS) is 46.6. The lowest BCUT2D eigenvalue weighted by Crippen LogP contribution is -2.33. The average molecular weight is 286 g/mol. The third-order valence-corrected chi connectivity index (χ3v) is 7.04. The third-order valence-electron chi connectivity index (χ3n) is 7.04. The predicted octanol–water partition coefficient (Wildman–Crippen LogP) is 3.84. The van der Waals surface area contributed by atoms with Crippen LogP contribution in [0.2, 0.25) is 0 Å². The first-order valence-corrected chi connectivity index (χ1v) is 8.66. The van der Waals surface area contributed by atoms with Gasteiger partial charge in [0, 0.05) is 6.08 Å². The fourth-order valence-corrected chi connectivity index (χ4v) is 6.34. The minimum atomic E-state index is -0.284. The maximum Gasteiger partial charge on any atom is 0.330 e. The standard InChI is InChI=1S/C19H26O2/c1-3-17(20)21-7-6-11(2)15-9-14-10-16(15)19-13-5-4-12(8-13)18(14)19/h3-5,11-16,18-19H,1,6-10H2,2H3. The van der Waals surface area contributed by atoms with Gasteiger partial charge in [0.25, 0.3) is 0 Å². The molecule has 0 heterocycles. The first-order chi connectivity index (χ1) is 10.2. The van der Waals surface area contributed by atoms with Crippen LogP contribution in [0.15, 0.2) is 24.8 Å². The SMILES string of the molecule is C=CC(=O)OCCC(C)C1CC2CC1C1C3C=CC(C3)C21. The number of rotatable bonds is 5. The highest BCUT2D eigenvalue weighted by Crippen LogP contribution is 2.68.